The average Bonchev–Trinajstić information content (AvgIpc) is 2.55. The van der Waals surface area contributed by atoms with E-state index in [0.29, 0.717) is 42.7 Å². The highest BCUT2D eigenvalue weighted by atomic mass is 16.5. The minimum atomic E-state index is -0.742. The lowest BCUT2D eigenvalue weighted by Gasteiger charge is -2.27. The summed E-state index contributed by atoms with van der Waals surface area (Å²) in [6, 6.07) is 5.44. The quantitative estimate of drug-likeness (QED) is 0.837. The van der Waals surface area contributed by atoms with Crippen molar-refractivity contribution in [1.29, 1.82) is 0 Å². The number of hydrogen-bond donors (Lipinski definition) is 2. The molecule has 0 unspecified atom stereocenters. The summed E-state index contributed by atoms with van der Waals surface area (Å²) >= 11 is 0. The van der Waals surface area contributed by atoms with Gasteiger partial charge in [-0.05, 0) is 37.8 Å². The number of carboxylic acid groups (broad SMARTS) is 1. The van der Waals surface area contributed by atoms with Crippen LogP contribution >= 0.6 is 0 Å². The van der Waals surface area contributed by atoms with Crippen LogP contribution in [0.15, 0.2) is 18.2 Å². The Morgan fingerprint density at radius 3 is 2.17 bits per heavy atom. The molecule has 0 bridgehead atoms. The molecule has 0 saturated heterocycles. The van der Waals surface area contributed by atoms with E-state index in [9.17, 15) is 9.59 Å². The zero-order chi connectivity index (χ0) is 16.8. The molecule has 0 spiro atoms. The zero-order valence-corrected chi connectivity index (χ0v) is 13.5. The smallest absolute Gasteiger partial charge is 0.306 e. The summed E-state index contributed by atoms with van der Waals surface area (Å²) in [4.78, 5) is 23.2. The third-order valence-corrected chi connectivity index (χ3v) is 4.31. The Bertz CT molecular complexity index is 542. The highest BCUT2D eigenvalue weighted by molar-refractivity contribution is 5.80. The molecule has 0 radical (unpaired) electrons. The number of carbonyl (C=O) groups is 2. The molecule has 1 fully saturated rings. The lowest BCUT2D eigenvalue weighted by Crippen LogP contribution is -2.39. The summed E-state index contributed by atoms with van der Waals surface area (Å²) in [7, 11) is 3.12. The fraction of sp³-hybridized carbons (Fsp3) is 0.529. The molecule has 6 nitrogen and oxygen atoms in total. The number of ether oxygens (including phenoxy) is 2. The van der Waals surface area contributed by atoms with Gasteiger partial charge in [0.15, 0.2) is 0 Å². The Morgan fingerprint density at radius 2 is 1.70 bits per heavy atom. The molecule has 1 aliphatic rings. The van der Waals surface area contributed by atoms with Gasteiger partial charge >= 0.3 is 5.97 Å². The summed E-state index contributed by atoms with van der Waals surface area (Å²) < 4.78 is 10.6. The number of rotatable bonds is 6. The van der Waals surface area contributed by atoms with Gasteiger partial charge in [-0.25, -0.2) is 0 Å². The van der Waals surface area contributed by atoms with Gasteiger partial charge in [0.1, 0.15) is 11.5 Å². The first-order valence-electron chi connectivity index (χ1n) is 7.77. The lowest BCUT2D eigenvalue weighted by molar-refractivity contribution is -0.142. The van der Waals surface area contributed by atoms with E-state index >= 15 is 0 Å². The Kier molecular flexibility index (Phi) is 5.84. The van der Waals surface area contributed by atoms with Crippen LogP contribution < -0.4 is 14.8 Å². The molecule has 0 aromatic heterocycles. The van der Waals surface area contributed by atoms with Crippen molar-refractivity contribution in [3.63, 3.8) is 0 Å². The van der Waals surface area contributed by atoms with Gasteiger partial charge in [0, 0.05) is 11.6 Å². The van der Waals surface area contributed by atoms with Crippen molar-refractivity contribution in [1.82, 2.24) is 5.32 Å². The molecule has 1 aliphatic carbocycles. The molecule has 6 heteroatoms. The predicted molar refractivity (Wildman–Crippen MR) is 84.8 cm³/mol. The fourth-order valence-electron chi connectivity index (χ4n) is 3.03. The van der Waals surface area contributed by atoms with Crippen molar-refractivity contribution in [2.24, 2.45) is 5.92 Å². The van der Waals surface area contributed by atoms with Gasteiger partial charge in [-0.2, -0.15) is 0 Å². The second-order valence-electron chi connectivity index (χ2n) is 5.77. The van der Waals surface area contributed by atoms with Crippen LogP contribution in [-0.2, 0) is 16.0 Å². The number of aliphatic carboxylic acids is 1. The van der Waals surface area contributed by atoms with Crippen LogP contribution in [0.5, 0.6) is 11.5 Å². The molecule has 0 aliphatic heterocycles. The first-order valence-corrected chi connectivity index (χ1v) is 7.77. The number of hydrogen-bond acceptors (Lipinski definition) is 4. The minimum absolute atomic E-state index is 0.0406. The van der Waals surface area contributed by atoms with E-state index < -0.39 is 5.97 Å². The Labute approximate surface area is 135 Å². The topological polar surface area (TPSA) is 84.9 Å². The van der Waals surface area contributed by atoms with E-state index in [-0.39, 0.29) is 24.3 Å². The van der Waals surface area contributed by atoms with Crippen molar-refractivity contribution >= 4 is 11.9 Å². The zero-order valence-electron chi connectivity index (χ0n) is 13.5. The van der Waals surface area contributed by atoms with Crippen LogP contribution in [-0.4, -0.2) is 37.2 Å². The van der Waals surface area contributed by atoms with Crippen LogP contribution in [0, 0.1) is 5.92 Å². The average molecular weight is 321 g/mol. The maximum atomic E-state index is 12.3. The van der Waals surface area contributed by atoms with Crippen LogP contribution in [0.3, 0.4) is 0 Å². The molecule has 0 heterocycles. The SMILES string of the molecule is COc1cccc(OC)c1CC(=O)NC1CCC(C(=O)O)CC1. The standard InChI is InChI=1S/C17H23NO5/c1-22-14-4-3-5-15(23-2)13(14)10-16(19)18-12-8-6-11(7-9-12)17(20)21/h3-5,11-12H,6-10H2,1-2H3,(H,18,19)(H,20,21). The number of benzene rings is 1. The molecular weight excluding hydrogens is 298 g/mol. The first-order chi connectivity index (χ1) is 11.0. The summed E-state index contributed by atoms with van der Waals surface area (Å²) in [5, 5.41) is 12.0. The maximum Gasteiger partial charge on any atom is 0.306 e. The van der Waals surface area contributed by atoms with Crippen molar-refractivity contribution < 1.29 is 24.2 Å². The van der Waals surface area contributed by atoms with Gasteiger partial charge in [0.05, 0.1) is 26.6 Å². The molecule has 23 heavy (non-hydrogen) atoms. The van der Waals surface area contributed by atoms with Crippen LogP contribution in [0.2, 0.25) is 0 Å². The van der Waals surface area contributed by atoms with Crippen LogP contribution in [0.25, 0.3) is 0 Å². The highest BCUT2D eigenvalue weighted by Gasteiger charge is 2.27. The van der Waals surface area contributed by atoms with E-state index in [4.69, 9.17) is 14.6 Å². The van der Waals surface area contributed by atoms with E-state index in [1.807, 2.05) is 6.07 Å². The summed E-state index contributed by atoms with van der Waals surface area (Å²) in [6.45, 7) is 0. The van der Waals surface area contributed by atoms with Crippen LogP contribution in [0.1, 0.15) is 31.2 Å². The molecule has 1 aromatic carbocycles. The normalized spacial score (nSPS) is 20.6. The number of carbonyl (C=O) groups excluding carboxylic acids is 1. The molecule has 126 valence electrons. The predicted octanol–water partition coefficient (Wildman–Crippen LogP) is 2.01. The van der Waals surface area contributed by atoms with Gasteiger partial charge < -0.3 is 19.9 Å². The molecule has 1 aromatic rings. The molecule has 1 amide bonds. The number of methoxy groups -OCH3 is 2. The summed E-state index contributed by atoms with van der Waals surface area (Å²) in [5.74, 6) is 0.112. The van der Waals surface area contributed by atoms with Gasteiger partial charge in [0.25, 0.3) is 0 Å². The van der Waals surface area contributed by atoms with Crippen LogP contribution in [0.4, 0.5) is 0 Å². The van der Waals surface area contributed by atoms with Gasteiger partial charge in [-0.15, -0.1) is 0 Å². The van der Waals surface area contributed by atoms with Gasteiger partial charge in [-0.3, -0.25) is 9.59 Å². The third kappa shape index (κ3) is 4.37. The lowest BCUT2D eigenvalue weighted by atomic mass is 9.86. The van der Waals surface area contributed by atoms with Crippen molar-refractivity contribution in [2.45, 2.75) is 38.1 Å². The van der Waals surface area contributed by atoms with Crippen molar-refractivity contribution in [3.05, 3.63) is 23.8 Å². The van der Waals surface area contributed by atoms with Crippen molar-refractivity contribution in [2.75, 3.05) is 14.2 Å². The second kappa shape index (κ2) is 7.85. The minimum Gasteiger partial charge on any atom is -0.496 e. The highest BCUT2D eigenvalue weighted by Crippen LogP contribution is 2.29. The molecular formula is C17H23NO5. The second-order valence-corrected chi connectivity index (χ2v) is 5.77. The maximum absolute atomic E-state index is 12.3. The molecule has 1 saturated carbocycles. The monoisotopic (exact) mass is 321 g/mol. The molecule has 2 N–H and O–H groups in total. The number of carboxylic acids is 1. The fourth-order valence-corrected chi connectivity index (χ4v) is 3.03. The van der Waals surface area contributed by atoms with E-state index in [2.05, 4.69) is 5.32 Å². The largest absolute Gasteiger partial charge is 0.496 e. The van der Waals surface area contributed by atoms with E-state index in [0.717, 1.165) is 0 Å². The summed E-state index contributed by atoms with van der Waals surface area (Å²) in [6.07, 6.45) is 2.79. The van der Waals surface area contributed by atoms with E-state index in [1.165, 1.54) is 0 Å². The first kappa shape index (κ1) is 17.1. The van der Waals surface area contributed by atoms with Crippen molar-refractivity contribution in [3.8, 4) is 11.5 Å². The third-order valence-electron chi connectivity index (χ3n) is 4.31. The number of nitrogens with one attached hydrogen (secondary N) is 1. The Balaban J connectivity index is 1.94. The summed E-state index contributed by atoms with van der Waals surface area (Å²) in [5.41, 5.74) is 0.717. The molecule has 0 atom stereocenters. The van der Waals surface area contributed by atoms with Gasteiger partial charge in [-0.1, -0.05) is 6.07 Å². The van der Waals surface area contributed by atoms with E-state index in [1.54, 1.807) is 26.4 Å². The molecule has 2 rings (SSSR count). The van der Waals surface area contributed by atoms with Gasteiger partial charge in [0.2, 0.25) is 5.91 Å². The Hall–Kier alpha value is -2.24. The Morgan fingerprint density at radius 1 is 1.13 bits per heavy atom. The number of amides is 1.